The van der Waals surface area contributed by atoms with Crippen LogP contribution in [0.4, 0.5) is 0 Å². The Hall–Kier alpha value is -3.21. The van der Waals surface area contributed by atoms with Crippen LogP contribution in [0.2, 0.25) is 0 Å². The van der Waals surface area contributed by atoms with Gasteiger partial charge in [-0.05, 0) is 25.1 Å². The molecule has 8 nitrogen and oxygen atoms in total. The predicted octanol–water partition coefficient (Wildman–Crippen LogP) is 0.326. The first-order chi connectivity index (χ1) is 11.5. The Morgan fingerprint density at radius 3 is 2.83 bits per heavy atom. The maximum absolute atomic E-state index is 12.7. The first-order valence-corrected chi connectivity index (χ1v) is 7.47. The molecule has 1 saturated heterocycles. The quantitative estimate of drug-likeness (QED) is 0.840. The second-order valence-electron chi connectivity index (χ2n) is 5.80. The molecular weight excluding hydrogens is 308 g/mol. The normalized spacial score (nSPS) is 19.9. The molecule has 3 rings (SSSR count). The van der Waals surface area contributed by atoms with Crippen LogP contribution in [-0.4, -0.2) is 45.0 Å². The minimum absolute atomic E-state index is 0.212. The molecule has 3 N–H and O–H groups in total. The van der Waals surface area contributed by atoms with Crippen LogP contribution in [0.1, 0.15) is 33.5 Å². The SMILES string of the molecule is Cc1nc([C@@H]2CN(C(=O)c3cccc(C#N)c3)C[C@H]2C(N)=O)n[nH]1. The number of hydrogen-bond acceptors (Lipinski definition) is 5. The first-order valence-electron chi connectivity index (χ1n) is 7.47. The first kappa shape index (κ1) is 15.7. The summed E-state index contributed by atoms with van der Waals surface area (Å²) in [5.74, 6) is -0.479. The van der Waals surface area contributed by atoms with Crippen molar-refractivity contribution in [2.24, 2.45) is 11.7 Å². The number of likely N-dealkylation sites (tertiary alicyclic amines) is 1. The average molecular weight is 324 g/mol. The summed E-state index contributed by atoms with van der Waals surface area (Å²) in [6.45, 7) is 2.28. The number of carbonyl (C=O) groups is 2. The third-order valence-electron chi connectivity index (χ3n) is 4.16. The molecule has 2 aromatic rings. The Kier molecular flexibility index (Phi) is 4.00. The van der Waals surface area contributed by atoms with Crippen LogP contribution in [0.5, 0.6) is 0 Å². The van der Waals surface area contributed by atoms with Crippen molar-refractivity contribution in [3.63, 3.8) is 0 Å². The Balaban J connectivity index is 1.86. The zero-order valence-electron chi connectivity index (χ0n) is 13.1. The summed E-state index contributed by atoms with van der Waals surface area (Å²) in [6, 6.07) is 8.47. The minimum atomic E-state index is -0.539. The van der Waals surface area contributed by atoms with E-state index in [2.05, 4.69) is 15.2 Å². The number of amides is 2. The molecule has 0 spiro atoms. The van der Waals surface area contributed by atoms with E-state index in [-0.39, 0.29) is 18.4 Å². The van der Waals surface area contributed by atoms with E-state index >= 15 is 0 Å². The molecule has 122 valence electrons. The lowest BCUT2D eigenvalue weighted by molar-refractivity contribution is -0.121. The molecule has 0 saturated carbocycles. The van der Waals surface area contributed by atoms with E-state index in [0.29, 0.717) is 29.3 Å². The van der Waals surface area contributed by atoms with Gasteiger partial charge in [-0.3, -0.25) is 14.7 Å². The van der Waals surface area contributed by atoms with Gasteiger partial charge in [0.1, 0.15) is 5.82 Å². The van der Waals surface area contributed by atoms with E-state index in [4.69, 9.17) is 11.0 Å². The summed E-state index contributed by atoms with van der Waals surface area (Å²) in [5, 5.41) is 15.8. The van der Waals surface area contributed by atoms with Crippen LogP contribution in [0.15, 0.2) is 24.3 Å². The van der Waals surface area contributed by atoms with Gasteiger partial charge in [0.05, 0.1) is 23.5 Å². The smallest absolute Gasteiger partial charge is 0.253 e. The number of benzene rings is 1. The van der Waals surface area contributed by atoms with Gasteiger partial charge in [0.25, 0.3) is 5.91 Å². The summed E-state index contributed by atoms with van der Waals surface area (Å²) < 4.78 is 0. The summed E-state index contributed by atoms with van der Waals surface area (Å²) in [4.78, 5) is 30.3. The van der Waals surface area contributed by atoms with E-state index in [0.717, 1.165) is 0 Å². The van der Waals surface area contributed by atoms with Gasteiger partial charge < -0.3 is 10.6 Å². The maximum atomic E-state index is 12.7. The van der Waals surface area contributed by atoms with Crippen molar-refractivity contribution in [2.45, 2.75) is 12.8 Å². The monoisotopic (exact) mass is 324 g/mol. The average Bonchev–Trinajstić information content (AvgIpc) is 3.20. The highest BCUT2D eigenvalue weighted by Gasteiger charge is 2.41. The number of nitrogens with two attached hydrogens (primary N) is 1. The molecule has 0 bridgehead atoms. The second-order valence-corrected chi connectivity index (χ2v) is 5.80. The predicted molar refractivity (Wildman–Crippen MR) is 83.6 cm³/mol. The molecule has 1 aromatic heterocycles. The molecule has 1 aliphatic rings. The summed E-state index contributed by atoms with van der Waals surface area (Å²) >= 11 is 0. The number of rotatable bonds is 3. The van der Waals surface area contributed by atoms with E-state index in [1.165, 1.54) is 6.07 Å². The molecule has 2 heterocycles. The minimum Gasteiger partial charge on any atom is -0.369 e. The molecule has 8 heteroatoms. The fraction of sp³-hybridized carbons (Fsp3) is 0.312. The van der Waals surface area contributed by atoms with E-state index in [1.807, 2.05) is 6.07 Å². The van der Waals surface area contributed by atoms with Crippen LogP contribution in [0, 0.1) is 24.2 Å². The molecule has 2 amide bonds. The maximum Gasteiger partial charge on any atom is 0.253 e. The van der Waals surface area contributed by atoms with Crippen molar-refractivity contribution < 1.29 is 9.59 Å². The molecule has 1 aliphatic heterocycles. The largest absolute Gasteiger partial charge is 0.369 e. The highest BCUT2D eigenvalue weighted by Crippen LogP contribution is 2.31. The van der Waals surface area contributed by atoms with Crippen molar-refractivity contribution in [3.8, 4) is 6.07 Å². The standard InChI is InChI=1S/C16H16N6O2/c1-9-19-15(21-20-9)13-8-22(7-12(13)14(18)23)16(24)11-4-2-3-10(5-11)6-17/h2-5,12-13H,7-8H2,1H3,(H2,18,23)(H,19,20,21)/t12-,13-/m1/s1. The van der Waals surface area contributed by atoms with Crippen LogP contribution in [-0.2, 0) is 4.79 Å². The number of hydrogen-bond donors (Lipinski definition) is 2. The van der Waals surface area contributed by atoms with E-state index in [9.17, 15) is 9.59 Å². The van der Waals surface area contributed by atoms with Crippen molar-refractivity contribution in [1.82, 2.24) is 20.1 Å². The molecular formula is C16H16N6O2. The Morgan fingerprint density at radius 2 is 2.21 bits per heavy atom. The molecule has 1 fully saturated rings. The van der Waals surface area contributed by atoms with Gasteiger partial charge in [0, 0.05) is 18.7 Å². The second kappa shape index (κ2) is 6.12. The lowest BCUT2D eigenvalue weighted by atomic mass is 9.95. The third-order valence-corrected chi connectivity index (χ3v) is 4.16. The van der Waals surface area contributed by atoms with Gasteiger partial charge in [0.2, 0.25) is 5.91 Å². The van der Waals surface area contributed by atoms with Crippen LogP contribution < -0.4 is 5.73 Å². The van der Waals surface area contributed by atoms with E-state index < -0.39 is 11.8 Å². The zero-order valence-corrected chi connectivity index (χ0v) is 13.1. The summed E-state index contributed by atoms with van der Waals surface area (Å²) in [6.07, 6.45) is 0. The van der Waals surface area contributed by atoms with Gasteiger partial charge in [-0.1, -0.05) is 6.07 Å². The highest BCUT2D eigenvalue weighted by atomic mass is 16.2. The van der Waals surface area contributed by atoms with E-state index in [1.54, 1.807) is 30.0 Å². The van der Waals surface area contributed by atoms with Gasteiger partial charge in [-0.15, -0.1) is 0 Å². The summed E-state index contributed by atoms with van der Waals surface area (Å²) in [5.41, 5.74) is 6.31. The topological polar surface area (TPSA) is 129 Å². The molecule has 0 unspecified atom stereocenters. The number of aromatic amines is 1. The molecule has 0 radical (unpaired) electrons. The number of aryl methyl sites for hydroxylation is 1. The fourth-order valence-corrected chi connectivity index (χ4v) is 2.95. The number of nitrogens with zero attached hydrogens (tertiary/aromatic N) is 4. The number of nitrogens with one attached hydrogen (secondary N) is 1. The molecule has 2 atom stereocenters. The fourth-order valence-electron chi connectivity index (χ4n) is 2.95. The van der Waals surface area contributed by atoms with Gasteiger partial charge in [-0.2, -0.15) is 10.4 Å². The third kappa shape index (κ3) is 2.84. The Morgan fingerprint density at radius 1 is 1.42 bits per heavy atom. The van der Waals surface area contributed by atoms with Crippen molar-refractivity contribution in [1.29, 1.82) is 5.26 Å². The van der Waals surface area contributed by atoms with Crippen LogP contribution in [0.3, 0.4) is 0 Å². The van der Waals surface area contributed by atoms with Gasteiger partial charge in [-0.25, -0.2) is 4.98 Å². The van der Waals surface area contributed by atoms with Gasteiger partial charge >= 0.3 is 0 Å². The van der Waals surface area contributed by atoms with Crippen molar-refractivity contribution >= 4 is 11.8 Å². The summed E-state index contributed by atoms with van der Waals surface area (Å²) in [7, 11) is 0. The Labute approximate surface area is 138 Å². The van der Waals surface area contributed by atoms with Crippen molar-refractivity contribution in [3.05, 3.63) is 47.0 Å². The van der Waals surface area contributed by atoms with Crippen LogP contribution >= 0.6 is 0 Å². The zero-order chi connectivity index (χ0) is 17.3. The van der Waals surface area contributed by atoms with Gasteiger partial charge in [0.15, 0.2) is 5.82 Å². The molecule has 1 aromatic carbocycles. The number of H-pyrrole nitrogens is 1. The van der Waals surface area contributed by atoms with Crippen LogP contribution in [0.25, 0.3) is 0 Å². The highest BCUT2D eigenvalue weighted by molar-refractivity contribution is 5.95. The lowest BCUT2D eigenvalue weighted by Crippen LogP contribution is -2.32. The Bertz CT molecular complexity index is 837. The lowest BCUT2D eigenvalue weighted by Gasteiger charge is -2.16. The number of carbonyl (C=O) groups excluding carboxylic acids is 2. The van der Waals surface area contributed by atoms with Crippen molar-refractivity contribution in [2.75, 3.05) is 13.1 Å². The molecule has 0 aliphatic carbocycles. The number of nitriles is 1. The molecule has 24 heavy (non-hydrogen) atoms. The number of primary amides is 1. The number of aromatic nitrogens is 3.